The molecule has 0 fully saturated rings. The number of nitrogens with one attached hydrogen (secondary N) is 1. The van der Waals surface area contributed by atoms with Gasteiger partial charge in [-0.05, 0) is 44.4 Å². The van der Waals surface area contributed by atoms with E-state index in [4.69, 9.17) is 0 Å². The maximum absolute atomic E-state index is 13.7. The van der Waals surface area contributed by atoms with Crippen LogP contribution in [0.3, 0.4) is 0 Å². The van der Waals surface area contributed by atoms with E-state index in [1.807, 2.05) is 24.3 Å². The molecular weight excluding hydrogens is 359 g/mol. The molecule has 1 nitrogen and oxygen atoms in total. The molecule has 1 atom stereocenters. The Morgan fingerprint density at radius 1 is 1.04 bits per heavy atom. The first-order chi connectivity index (χ1) is 13.2. The van der Waals surface area contributed by atoms with Crippen molar-refractivity contribution in [2.45, 2.75) is 33.6 Å². The number of hydrogen-bond acceptors (Lipinski definition) is 1. The summed E-state index contributed by atoms with van der Waals surface area (Å²) >= 11 is 0. The number of halogens is 3. The first-order valence-corrected chi connectivity index (χ1v) is 9.20. The van der Waals surface area contributed by atoms with Gasteiger partial charge in [0.1, 0.15) is 5.82 Å². The van der Waals surface area contributed by atoms with Gasteiger partial charge in [-0.1, -0.05) is 48.9 Å². The third kappa shape index (κ3) is 6.15. The smallest absolute Gasteiger partial charge is 0.161 e. The van der Waals surface area contributed by atoms with Crippen LogP contribution in [0.4, 0.5) is 24.5 Å². The Kier molecular flexibility index (Phi) is 7.27. The van der Waals surface area contributed by atoms with Gasteiger partial charge >= 0.3 is 0 Å². The predicted molar refractivity (Wildman–Crippen MR) is 112 cm³/mol. The van der Waals surface area contributed by atoms with Gasteiger partial charge in [0, 0.05) is 23.2 Å². The zero-order valence-electron chi connectivity index (χ0n) is 16.5. The van der Waals surface area contributed by atoms with Gasteiger partial charge in [0.05, 0.1) is 5.69 Å². The molecule has 0 heterocycles. The van der Waals surface area contributed by atoms with Crippen LogP contribution in [0, 0.1) is 22.9 Å². The summed E-state index contributed by atoms with van der Waals surface area (Å²) in [5, 5.41) is 2.76. The molecule has 0 aliphatic rings. The summed E-state index contributed by atoms with van der Waals surface area (Å²) < 4.78 is 40.1. The summed E-state index contributed by atoms with van der Waals surface area (Å²) in [7, 11) is 0. The highest BCUT2D eigenvalue weighted by atomic mass is 19.2. The average Bonchev–Trinajstić information content (AvgIpc) is 2.65. The highest BCUT2D eigenvalue weighted by molar-refractivity contribution is 5.63. The molecule has 2 rings (SSSR count). The summed E-state index contributed by atoms with van der Waals surface area (Å²) in [6.45, 7) is 10.3. The number of hydrogen-bond donors (Lipinski definition) is 1. The SMILES string of the molecule is C=C[C@@](C)(/C=C/c1ccc(Nc2cc(F)c(F)cc2F)cc1)CCC=C(C)C. The molecule has 0 aromatic heterocycles. The summed E-state index contributed by atoms with van der Waals surface area (Å²) in [6.07, 6.45) is 10.3. The summed E-state index contributed by atoms with van der Waals surface area (Å²) in [4.78, 5) is 0. The van der Waals surface area contributed by atoms with Crippen LogP contribution in [0.2, 0.25) is 0 Å². The quantitative estimate of drug-likeness (QED) is 0.361. The number of benzene rings is 2. The molecule has 0 bridgehead atoms. The maximum atomic E-state index is 13.7. The van der Waals surface area contributed by atoms with E-state index in [1.54, 1.807) is 12.1 Å². The molecule has 0 spiro atoms. The number of allylic oxidation sites excluding steroid dienone is 4. The molecule has 4 heteroatoms. The van der Waals surface area contributed by atoms with Crippen LogP contribution >= 0.6 is 0 Å². The molecule has 0 saturated carbocycles. The first-order valence-electron chi connectivity index (χ1n) is 9.20. The van der Waals surface area contributed by atoms with E-state index in [1.165, 1.54) is 5.57 Å². The Morgan fingerprint density at radius 3 is 2.29 bits per heavy atom. The topological polar surface area (TPSA) is 12.0 Å². The molecule has 1 N–H and O–H groups in total. The van der Waals surface area contributed by atoms with Crippen molar-refractivity contribution in [3.8, 4) is 0 Å². The maximum Gasteiger partial charge on any atom is 0.161 e. The van der Waals surface area contributed by atoms with Gasteiger partial charge in [0.25, 0.3) is 0 Å². The predicted octanol–water partition coefficient (Wildman–Crippen LogP) is 7.80. The highest BCUT2D eigenvalue weighted by Gasteiger charge is 2.15. The Labute approximate surface area is 165 Å². The minimum absolute atomic E-state index is 0.110. The monoisotopic (exact) mass is 385 g/mol. The largest absolute Gasteiger partial charge is 0.353 e. The van der Waals surface area contributed by atoms with Crippen LogP contribution in [-0.2, 0) is 0 Å². The van der Waals surface area contributed by atoms with Gasteiger partial charge in [0.2, 0.25) is 0 Å². The molecule has 0 aliphatic carbocycles. The number of anilines is 2. The van der Waals surface area contributed by atoms with Gasteiger partial charge in [-0.2, -0.15) is 0 Å². The van der Waals surface area contributed by atoms with E-state index >= 15 is 0 Å². The Balaban J connectivity index is 2.07. The van der Waals surface area contributed by atoms with Crippen molar-refractivity contribution in [1.82, 2.24) is 0 Å². The molecular formula is C24H26F3N. The zero-order chi connectivity index (χ0) is 20.7. The van der Waals surface area contributed by atoms with Crippen LogP contribution in [0.25, 0.3) is 6.08 Å². The van der Waals surface area contributed by atoms with E-state index in [2.05, 4.69) is 44.8 Å². The molecule has 2 aromatic rings. The molecule has 0 radical (unpaired) electrons. The van der Waals surface area contributed by atoms with Gasteiger partial charge in [-0.15, -0.1) is 6.58 Å². The van der Waals surface area contributed by atoms with Crippen molar-refractivity contribution in [3.63, 3.8) is 0 Å². The van der Waals surface area contributed by atoms with Crippen molar-refractivity contribution >= 4 is 17.5 Å². The molecule has 0 aliphatic heterocycles. The summed E-state index contributed by atoms with van der Waals surface area (Å²) in [5.41, 5.74) is 2.64. The molecule has 0 unspecified atom stereocenters. The van der Waals surface area contributed by atoms with Gasteiger partial charge in [0.15, 0.2) is 11.6 Å². The number of rotatable bonds is 8. The van der Waals surface area contributed by atoms with E-state index in [0.717, 1.165) is 24.5 Å². The van der Waals surface area contributed by atoms with Gasteiger partial charge in [-0.3, -0.25) is 0 Å². The third-order valence-electron chi connectivity index (χ3n) is 4.56. The standard InChI is InChI=1S/C24H26F3N/c1-5-24(4,13-6-7-17(2)3)14-12-18-8-10-19(11-9-18)28-23-16-21(26)20(25)15-22(23)27/h5,7-12,14-16,28H,1,6,13H2,2-4H3/b14-12+/t24-/m1/s1. The van der Waals surface area contributed by atoms with Crippen molar-refractivity contribution in [1.29, 1.82) is 0 Å². The molecule has 2 aromatic carbocycles. The Hall–Kier alpha value is -2.75. The lowest BCUT2D eigenvalue weighted by atomic mass is 9.84. The molecule has 0 saturated heterocycles. The molecule has 28 heavy (non-hydrogen) atoms. The summed E-state index contributed by atoms with van der Waals surface area (Å²) in [6, 6.07) is 8.59. The van der Waals surface area contributed by atoms with Gasteiger partial charge in [-0.25, -0.2) is 13.2 Å². The Bertz CT molecular complexity index is 877. The van der Waals surface area contributed by atoms with Crippen LogP contribution in [-0.4, -0.2) is 0 Å². The van der Waals surface area contributed by atoms with Crippen molar-refractivity contribution < 1.29 is 13.2 Å². The van der Waals surface area contributed by atoms with Crippen molar-refractivity contribution in [2.24, 2.45) is 5.41 Å². The van der Waals surface area contributed by atoms with Crippen LogP contribution in [0.1, 0.15) is 39.2 Å². The fraction of sp³-hybridized carbons (Fsp3) is 0.250. The second-order valence-electron chi connectivity index (χ2n) is 7.36. The van der Waals surface area contributed by atoms with E-state index in [9.17, 15) is 13.2 Å². The zero-order valence-corrected chi connectivity index (χ0v) is 16.5. The second kappa shape index (κ2) is 9.45. The van der Waals surface area contributed by atoms with Crippen LogP contribution in [0.5, 0.6) is 0 Å². The third-order valence-corrected chi connectivity index (χ3v) is 4.56. The lowest BCUT2D eigenvalue weighted by Crippen LogP contribution is -2.08. The molecule has 0 amide bonds. The fourth-order valence-electron chi connectivity index (χ4n) is 2.66. The second-order valence-corrected chi connectivity index (χ2v) is 7.36. The lowest BCUT2D eigenvalue weighted by molar-refractivity contribution is 0.496. The van der Waals surface area contributed by atoms with Crippen molar-refractivity contribution in [2.75, 3.05) is 5.32 Å². The highest BCUT2D eigenvalue weighted by Crippen LogP contribution is 2.28. The van der Waals surface area contributed by atoms with Crippen LogP contribution in [0.15, 0.2) is 66.8 Å². The van der Waals surface area contributed by atoms with Gasteiger partial charge < -0.3 is 5.32 Å². The first kappa shape index (κ1) is 21.5. The Morgan fingerprint density at radius 2 is 1.68 bits per heavy atom. The molecule has 148 valence electrons. The van der Waals surface area contributed by atoms with Crippen molar-refractivity contribution in [3.05, 3.63) is 89.8 Å². The fourth-order valence-corrected chi connectivity index (χ4v) is 2.66. The minimum atomic E-state index is -1.21. The van der Waals surface area contributed by atoms with Crippen LogP contribution < -0.4 is 5.32 Å². The normalized spacial score (nSPS) is 13.2. The lowest BCUT2D eigenvalue weighted by Gasteiger charge is -2.20. The van der Waals surface area contributed by atoms with E-state index in [-0.39, 0.29) is 11.1 Å². The van der Waals surface area contributed by atoms with E-state index < -0.39 is 17.5 Å². The van der Waals surface area contributed by atoms with E-state index in [0.29, 0.717) is 11.8 Å². The minimum Gasteiger partial charge on any atom is -0.353 e. The average molecular weight is 385 g/mol. The summed E-state index contributed by atoms with van der Waals surface area (Å²) in [5.74, 6) is -3.15.